The number of para-hydroxylation sites is 2. The van der Waals surface area contributed by atoms with Crippen molar-refractivity contribution in [3.8, 4) is 0 Å². The van der Waals surface area contributed by atoms with E-state index in [2.05, 4.69) is 5.32 Å². The monoisotopic (exact) mass is 322 g/mol. The summed E-state index contributed by atoms with van der Waals surface area (Å²) in [4.78, 5) is 0.215. The topological polar surface area (TPSA) is 49.4 Å². The van der Waals surface area contributed by atoms with Gasteiger partial charge >= 0.3 is 0 Å². The summed E-state index contributed by atoms with van der Waals surface area (Å²) in [5.74, 6) is 0. The number of sulfonamides is 1. The van der Waals surface area contributed by atoms with Crippen LogP contribution in [0.25, 0.3) is 0 Å². The zero-order chi connectivity index (χ0) is 14.9. The lowest BCUT2D eigenvalue weighted by Gasteiger charge is -2.24. The van der Waals surface area contributed by atoms with Crippen LogP contribution in [0.4, 0.5) is 11.4 Å². The smallest absolute Gasteiger partial charge is 0.264 e. The maximum atomic E-state index is 12.9. The molecule has 0 aromatic heterocycles. The van der Waals surface area contributed by atoms with E-state index in [1.165, 1.54) is 10.4 Å². The quantitative estimate of drug-likeness (QED) is 0.922. The first kappa shape index (κ1) is 14.2. The molecule has 4 nitrogen and oxygen atoms in total. The number of halogens is 1. The van der Waals surface area contributed by atoms with Crippen LogP contribution >= 0.6 is 11.6 Å². The Balaban J connectivity index is 2.11. The van der Waals surface area contributed by atoms with Crippen LogP contribution < -0.4 is 9.62 Å². The molecule has 0 unspecified atom stereocenters. The minimum atomic E-state index is -3.61. The van der Waals surface area contributed by atoms with Crippen LogP contribution in [0.3, 0.4) is 0 Å². The molecule has 0 fully saturated rings. The van der Waals surface area contributed by atoms with Crippen molar-refractivity contribution in [2.24, 2.45) is 0 Å². The summed E-state index contributed by atoms with van der Waals surface area (Å²) in [6, 6.07) is 13.8. The van der Waals surface area contributed by atoms with Crippen LogP contribution in [0.15, 0.2) is 53.4 Å². The van der Waals surface area contributed by atoms with Gasteiger partial charge in [-0.05, 0) is 36.8 Å². The normalized spacial score (nSPS) is 15.0. The standard InChI is InChI=1S/C15H15ClN2O2S/c16-12-5-3-6-13(11-12)21(19,20)18-10-4-9-17-14-7-1-2-8-15(14)18/h1-3,5-8,11,17H,4,9-10H2. The molecule has 0 bridgehead atoms. The van der Waals surface area contributed by atoms with Gasteiger partial charge < -0.3 is 5.32 Å². The number of nitrogens with one attached hydrogen (secondary N) is 1. The lowest BCUT2D eigenvalue weighted by atomic mass is 10.2. The minimum Gasteiger partial charge on any atom is -0.383 e. The zero-order valence-electron chi connectivity index (χ0n) is 11.3. The summed E-state index contributed by atoms with van der Waals surface area (Å²) in [6.07, 6.45) is 0.745. The molecule has 6 heteroatoms. The van der Waals surface area contributed by atoms with E-state index in [4.69, 9.17) is 11.6 Å². The Morgan fingerprint density at radius 3 is 2.71 bits per heavy atom. The Hall–Kier alpha value is -1.72. The van der Waals surface area contributed by atoms with Gasteiger partial charge in [0.1, 0.15) is 0 Å². The largest absolute Gasteiger partial charge is 0.383 e. The molecule has 2 aromatic carbocycles. The van der Waals surface area contributed by atoms with E-state index in [1.54, 1.807) is 18.2 Å². The highest BCUT2D eigenvalue weighted by Gasteiger charge is 2.27. The second kappa shape index (κ2) is 5.58. The maximum Gasteiger partial charge on any atom is 0.264 e. The molecule has 3 rings (SSSR count). The van der Waals surface area contributed by atoms with Crippen molar-refractivity contribution in [3.05, 3.63) is 53.6 Å². The number of anilines is 2. The second-order valence-electron chi connectivity index (χ2n) is 4.83. The number of nitrogens with zero attached hydrogens (tertiary/aromatic N) is 1. The van der Waals surface area contributed by atoms with Gasteiger partial charge in [0.05, 0.1) is 16.3 Å². The molecule has 1 aliphatic heterocycles. The highest BCUT2D eigenvalue weighted by Crippen LogP contribution is 2.32. The van der Waals surface area contributed by atoms with E-state index in [9.17, 15) is 8.42 Å². The first-order chi connectivity index (χ1) is 10.1. The van der Waals surface area contributed by atoms with E-state index in [0.717, 1.165) is 18.7 Å². The molecule has 110 valence electrons. The molecule has 1 N–H and O–H groups in total. The highest BCUT2D eigenvalue weighted by atomic mass is 35.5. The second-order valence-corrected chi connectivity index (χ2v) is 7.13. The Morgan fingerprint density at radius 2 is 1.90 bits per heavy atom. The molecule has 0 saturated heterocycles. The summed E-state index contributed by atoms with van der Waals surface area (Å²) >= 11 is 5.93. The molecule has 0 atom stereocenters. The molecule has 0 spiro atoms. The molecule has 0 radical (unpaired) electrons. The third-order valence-corrected chi connectivity index (χ3v) is 5.45. The zero-order valence-corrected chi connectivity index (χ0v) is 12.9. The van der Waals surface area contributed by atoms with Crippen molar-refractivity contribution >= 4 is 33.0 Å². The van der Waals surface area contributed by atoms with Crippen LogP contribution in [-0.2, 0) is 10.0 Å². The number of hydrogen-bond donors (Lipinski definition) is 1. The molecule has 0 saturated carbocycles. The van der Waals surface area contributed by atoms with Gasteiger partial charge in [-0.3, -0.25) is 4.31 Å². The molecule has 0 aliphatic carbocycles. The van der Waals surface area contributed by atoms with Crippen molar-refractivity contribution in [1.29, 1.82) is 0 Å². The lowest BCUT2D eigenvalue weighted by molar-refractivity contribution is 0.590. The number of fused-ring (bicyclic) bond motifs is 1. The third kappa shape index (κ3) is 2.71. The number of rotatable bonds is 2. The molecular formula is C15H15ClN2O2S. The van der Waals surface area contributed by atoms with Crippen LogP contribution in [-0.4, -0.2) is 21.5 Å². The van der Waals surface area contributed by atoms with Gasteiger partial charge in [0.2, 0.25) is 0 Å². The van der Waals surface area contributed by atoms with Gasteiger partial charge in [-0.2, -0.15) is 0 Å². The average molecular weight is 323 g/mol. The fourth-order valence-corrected chi connectivity index (χ4v) is 4.23. The van der Waals surface area contributed by atoms with Crippen molar-refractivity contribution in [2.75, 3.05) is 22.7 Å². The van der Waals surface area contributed by atoms with E-state index >= 15 is 0 Å². The predicted molar refractivity (Wildman–Crippen MR) is 85.5 cm³/mol. The van der Waals surface area contributed by atoms with Crippen LogP contribution in [0.1, 0.15) is 6.42 Å². The molecule has 2 aromatic rings. The van der Waals surface area contributed by atoms with Crippen LogP contribution in [0.2, 0.25) is 5.02 Å². The fraction of sp³-hybridized carbons (Fsp3) is 0.200. The molecule has 1 aliphatic rings. The van der Waals surface area contributed by atoms with Gasteiger partial charge in [-0.25, -0.2) is 8.42 Å². The fourth-order valence-electron chi connectivity index (χ4n) is 2.41. The van der Waals surface area contributed by atoms with Gasteiger partial charge in [-0.1, -0.05) is 29.8 Å². The lowest BCUT2D eigenvalue weighted by Crippen LogP contribution is -2.31. The first-order valence-corrected chi connectivity index (χ1v) is 8.52. The van der Waals surface area contributed by atoms with E-state index in [-0.39, 0.29) is 4.90 Å². The highest BCUT2D eigenvalue weighted by molar-refractivity contribution is 7.92. The Labute approximate surface area is 129 Å². The van der Waals surface area contributed by atoms with Gasteiger partial charge in [0, 0.05) is 18.1 Å². The maximum absolute atomic E-state index is 12.9. The summed E-state index contributed by atoms with van der Waals surface area (Å²) in [7, 11) is -3.61. The van der Waals surface area contributed by atoms with Crippen LogP contribution in [0, 0.1) is 0 Å². The van der Waals surface area contributed by atoms with Crippen molar-refractivity contribution in [2.45, 2.75) is 11.3 Å². The van der Waals surface area contributed by atoms with E-state index in [1.807, 2.05) is 24.3 Å². The predicted octanol–water partition coefficient (Wildman–Crippen LogP) is 3.35. The molecule has 0 amide bonds. The van der Waals surface area contributed by atoms with Crippen molar-refractivity contribution in [3.63, 3.8) is 0 Å². The van der Waals surface area contributed by atoms with E-state index < -0.39 is 10.0 Å². The van der Waals surface area contributed by atoms with Crippen LogP contribution in [0.5, 0.6) is 0 Å². The number of benzene rings is 2. The third-order valence-electron chi connectivity index (χ3n) is 3.41. The Kier molecular flexibility index (Phi) is 3.78. The molecular weight excluding hydrogens is 308 g/mol. The summed E-state index contributed by atoms with van der Waals surface area (Å²) < 4.78 is 27.2. The Morgan fingerprint density at radius 1 is 1.10 bits per heavy atom. The van der Waals surface area contributed by atoms with Gasteiger partial charge in [-0.15, -0.1) is 0 Å². The van der Waals surface area contributed by atoms with Gasteiger partial charge in [0.15, 0.2) is 0 Å². The molecule has 1 heterocycles. The van der Waals surface area contributed by atoms with Crippen molar-refractivity contribution in [1.82, 2.24) is 0 Å². The van der Waals surface area contributed by atoms with E-state index in [0.29, 0.717) is 17.3 Å². The summed E-state index contributed by atoms with van der Waals surface area (Å²) in [5.41, 5.74) is 1.51. The van der Waals surface area contributed by atoms with Gasteiger partial charge in [0.25, 0.3) is 10.0 Å². The Bertz CT molecular complexity index is 762. The molecule has 21 heavy (non-hydrogen) atoms. The summed E-state index contributed by atoms with van der Waals surface area (Å²) in [5, 5.41) is 3.67. The van der Waals surface area contributed by atoms with Crippen molar-refractivity contribution < 1.29 is 8.42 Å². The SMILES string of the molecule is O=S(=O)(c1cccc(Cl)c1)N1CCCNc2ccccc21. The number of hydrogen-bond acceptors (Lipinski definition) is 3. The average Bonchev–Trinajstić information content (AvgIpc) is 2.70. The summed E-state index contributed by atoms with van der Waals surface area (Å²) in [6.45, 7) is 1.19. The minimum absolute atomic E-state index is 0.215. The first-order valence-electron chi connectivity index (χ1n) is 6.70.